The monoisotopic (exact) mass is 424 g/mol. The third-order valence-corrected chi connectivity index (χ3v) is 5.17. The van der Waals surface area contributed by atoms with Gasteiger partial charge in [0.05, 0.1) is 5.56 Å². The zero-order valence-corrected chi connectivity index (χ0v) is 18.6. The van der Waals surface area contributed by atoms with Gasteiger partial charge in [-0.15, -0.1) is 0 Å². The van der Waals surface area contributed by atoms with E-state index in [4.69, 9.17) is 9.47 Å². The van der Waals surface area contributed by atoms with Gasteiger partial charge in [-0.05, 0) is 82.2 Å². The van der Waals surface area contributed by atoms with E-state index in [0.717, 1.165) is 36.8 Å². The molecule has 6 nitrogen and oxygen atoms in total. The Morgan fingerprint density at radius 3 is 2.42 bits per heavy atom. The summed E-state index contributed by atoms with van der Waals surface area (Å²) in [6.07, 6.45) is 8.14. The number of hydrogen-bond donors (Lipinski definition) is 1. The lowest BCUT2D eigenvalue weighted by Crippen LogP contribution is -2.40. The molecule has 1 atom stereocenters. The Morgan fingerprint density at radius 2 is 1.81 bits per heavy atom. The molecule has 0 bridgehead atoms. The molecular formula is C25H32N2O4. The zero-order valence-electron chi connectivity index (χ0n) is 18.6. The molecule has 0 saturated heterocycles. The van der Waals surface area contributed by atoms with Crippen molar-refractivity contribution < 1.29 is 19.1 Å². The van der Waals surface area contributed by atoms with Gasteiger partial charge in [-0.1, -0.05) is 18.2 Å². The molecular weight excluding hydrogens is 392 g/mol. The first-order valence-corrected chi connectivity index (χ1v) is 11.0. The molecule has 1 heterocycles. The van der Waals surface area contributed by atoms with E-state index < -0.39 is 11.6 Å². The Bertz CT molecular complexity index is 853. The van der Waals surface area contributed by atoms with Crippen molar-refractivity contribution >= 4 is 11.9 Å². The number of nitrogens with zero attached hydrogens (tertiary/aromatic N) is 1. The Morgan fingerprint density at radius 1 is 1.10 bits per heavy atom. The third-order valence-electron chi connectivity index (χ3n) is 5.17. The Balaban J connectivity index is 1.62. The average molecular weight is 425 g/mol. The van der Waals surface area contributed by atoms with E-state index >= 15 is 0 Å². The van der Waals surface area contributed by atoms with Crippen molar-refractivity contribution in [1.82, 2.24) is 10.3 Å². The lowest BCUT2D eigenvalue weighted by Gasteiger charge is -2.21. The summed E-state index contributed by atoms with van der Waals surface area (Å²) in [7, 11) is 0. The van der Waals surface area contributed by atoms with Gasteiger partial charge in [0.25, 0.3) is 0 Å². The van der Waals surface area contributed by atoms with Crippen LogP contribution in [-0.4, -0.2) is 34.7 Å². The van der Waals surface area contributed by atoms with Crippen molar-refractivity contribution in [3.8, 4) is 0 Å². The molecule has 0 radical (unpaired) electrons. The summed E-state index contributed by atoms with van der Waals surface area (Å²) in [5.41, 5.74) is 1.92. The molecule has 0 aliphatic heterocycles. The van der Waals surface area contributed by atoms with E-state index in [9.17, 15) is 9.59 Å². The number of benzene rings is 1. The molecule has 0 spiro atoms. The maximum Gasteiger partial charge on any atom is 0.338 e. The van der Waals surface area contributed by atoms with Gasteiger partial charge < -0.3 is 14.8 Å². The van der Waals surface area contributed by atoms with Crippen LogP contribution in [0.3, 0.4) is 0 Å². The van der Waals surface area contributed by atoms with E-state index in [1.165, 1.54) is 0 Å². The van der Waals surface area contributed by atoms with Gasteiger partial charge in [-0.25, -0.2) is 4.79 Å². The van der Waals surface area contributed by atoms with Gasteiger partial charge in [0.1, 0.15) is 17.7 Å². The van der Waals surface area contributed by atoms with Gasteiger partial charge in [0, 0.05) is 18.9 Å². The first-order valence-electron chi connectivity index (χ1n) is 11.0. The van der Waals surface area contributed by atoms with E-state index in [0.29, 0.717) is 18.5 Å². The fourth-order valence-corrected chi connectivity index (χ4v) is 3.58. The molecule has 31 heavy (non-hydrogen) atoms. The first-order chi connectivity index (χ1) is 14.8. The predicted molar refractivity (Wildman–Crippen MR) is 119 cm³/mol. The molecule has 1 aromatic heterocycles. The van der Waals surface area contributed by atoms with Gasteiger partial charge in [-0.2, -0.15) is 0 Å². The second-order valence-corrected chi connectivity index (χ2v) is 9.04. The standard InChI is InChI=1S/C25H32N2O4/c1-25(2,3)31-23(28)20-12-10-18(11-13-20)17-27-22(15-19-7-6-14-26-16-19)24(29)30-21-8-4-5-9-21/h6-7,10-14,16,21-22,27H,4-5,8-9,15,17H2,1-3H3/t22-/m1/s1. The zero-order chi connectivity index (χ0) is 22.3. The lowest BCUT2D eigenvalue weighted by molar-refractivity contribution is -0.151. The minimum Gasteiger partial charge on any atom is -0.461 e. The maximum absolute atomic E-state index is 12.8. The number of carbonyl (C=O) groups is 2. The quantitative estimate of drug-likeness (QED) is 0.639. The molecule has 1 aromatic carbocycles. The van der Waals surface area contributed by atoms with Crippen LogP contribution in [0.15, 0.2) is 48.8 Å². The predicted octanol–water partition coefficient (Wildman–Crippen LogP) is 4.22. The van der Waals surface area contributed by atoms with Crippen LogP contribution in [-0.2, 0) is 27.2 Å². The number of aromatic nitrogens is 1. The van der Waals surface area contributed by atoms with Crippen LogP contribution in [0.2, 0.25) is 0 Å². The second kappa shape index (κ2) is 10.5. The van der Waals surface area contributed by atoms with Crippen LogP contribution in [0.25, 0.3) is 0 Å². The van der Waals surface area contributed by atoms with E-state index in [-0.39, 0.29) is 18.0 Å². The summed E-state index contributed by atoms with van der Waals surface area (Å²) < 4.78 is 11.1. The largest absolute Gasteiger partial charge is 0.461 e. The van der Waals surface area contributed by atoms with E-state index in [1.54, 1.807) is 24.5 Å². The lowest BCUT2D eigenvalue weighted by atomic mass is 10.1. The number of esters is 2. The number of hydrogen-bond acceptors (Lipinski definition) is 6. The normalized spacial score (nSPS) is 15.5. The second-order valence-electron chi connectivity index (χ2n) is 9.04. The highest BCUT2D eigenvalue weighted by molar-refractivity contribution is 5.89. The van der Waals surface area contributed by atoms with Crippen LogP contribution in [0.4, 0.5) is 0 Å². The van der Waals surface area contributed by atoms with Crippen molar-refractivity contribution in [2.24, 2.45) is 0 Å². The van der Waals surface area contributed by atoms with Gasteiger partial charge >= 0.3 is 11.9 Å². The minimum atomic E-state index is -0.531. The molecule has 0 amide bonds. The summed E-state index contributed by atoms with van der Waals surface area (Å²) in [5, 5.41) is 3.33. The van der Waals surface area contributed by atoms with E-state index in [2.05, 4.69) is 10.3 Å². The van der Waals surface area contributed by atoms with Crippen molar-refractivity contribution in [1.29, 1.82) is 0 Å². The van der Waals surface area contributed by atoms with Crippen molar-refractivity contribution in [2.45, 2.75) is 77.2 Å². The summed E-state index contributed by atoms with van der Waals surface area (Å²) in [6, 6.07) is 10.6. The average Bonchev–Trinajstić information content (AvgIpc) is 3.24. The molecule has 1 aliphatic rings. The Kier molecular flexibility index (Phi) is 7.80. The minimum absolute atomic E-state index is 0.0267. The Hall–Kier alpha value is -2.73. The van der Waals surface area contributed by atoms with Gasteiger partial charge in [-0.3, -0.25) is 9.78 Å². The molecule has 1 saturated carbocycles. The molecule has 3 rings (SSSR count). The fourth-order valence-electron chi connectivity index (χ4n) is 3.58. The summed E-state index contributed by atoms with van der Waals surface area (Å²) in [5.74, 6) is -0.567. The summed E-state index contributed by atoms with van der Waals surface area (Å²) in [6.45, 7) is 6.02. The van der Waals surface area contributed by atoms with Crippen LogP contribution in [0.1, 0.15) is 67.9 Å². The molecule has 0 unspecified atom stereocenters. The summed E-state index contributed by atoms with van der Waals surface area (Å²) in [4.78, 5) is 29.2. The first kappa shape index (κ1) is 22.9. The van der Waals surface area contributed by atoms with Crippen LogP contribution < -0.4 is 5.32 Å². The molecule has 2 aromatic rings. The van der Waals surface area contributed by atoms with E-state index in [1.807, 2.05) is 45.0 Å². The fraction of sp³-hybridized carbons (Fsp3) is 0.480. The highest BCUT2D eigenvalue weighted by atomic mass is 16.6. The topological polar surface area (TPSA) is 77.5 Å². The number of carbonyl (C=O) groups excluding carboxylic acids is 2. The number of ether oxygens (including phenoxy) is 2. The Labute approximate surface area is 184 Å². The number of pyridine rings is 1. The van der Waals surface area contributed by atoms with Crippen molar-refractivity contribution in [2.75, 3.05) is 0 Å². The number of nitrogens with one attached hydrogen (secondary N) is 1. The number of rotatable bonds is 8. The molecule has 1 N–H and O–H groups in total. The smallest absolute Gasteiger partial charge is 0.338 e. The SMILES string of the molecule is CC(C)(C)OC(=O)c1ccc(CN[C@H](Cc2cccnc2)C(=O)OC2CCCC2)cc1. The van der Waals surface area contributed by atoms with Crippen LogP contribution >= 0.6 is 0 Å². The molecule has 6 heteroatoms. The highest BCUT2D eigenvalue weighted by Crippen LogP contribution is 2.22. The molecule has 166 valence electrons. The van der Waals surface area contributed by atoms with Crippen molar-refractivity contribution in [3.05, 3.63) is 65.5 Å². The van der Waals surface area contributed by atoms with Crippen LogP contribution in [0, 0.1) is 0 Å². The van der Waals surface area contributed by atoms with Crippen molar-refractivity contribution in [3.63, 3.8) is 0 Å². The molecule has 1 fully saturated rings. The van der Waals surface area contributed by atoms with Crippen LogP contribution in [0.5, 0.6) is 0 Å². The molecule has 1 aliphatic carbocycles. The highest BCUT2D eigenvalue weighted by Gasteiger charge is 2.26. The van der Waals surface area contributed by atoms with Gasteiger partial charge in [0.2, 0.25) is 0 Å². The third kappa shape index (κ3) is 7.47. The van der Waals surface area contributed by atoms with Gasteiger partial charge in [0.15, 0.2) is 0 Å². The summed E-state index contributed by atoms with van der Waals surface area (Å²) >= 11 is 0. The maximum atomic E-state index is 12.8.